The fourth-order valence-electron chi connectivity index (χ4n) is 4.70. The van der Waals surface area contributed by atoms with Gasteiger partial charge in [-0.15, -0.1) is 0 Å². The van der Waals surface area contributed by atoms with Gasteiger partial charge in [-0.2, -0.15) is 0 Å². The number of halogens is 1. The van der Waals surface area contributed by atoms with Crippen molar-refractivity contribution in [3.8, 4) is 67.9 Å². The van der Waals surface area contributed by atoms with Crippen molar-refractivity contribution in [3.63, 3.8) is 0 Å². The van der Waals surface area contributed by atoms with Gasteiger partial charge in [-0.05, 0) is 35.4 Å². The van der Waals surface area contributed by atoms with Gasteiger partial charge in [0, 0.05) is 29.3 Å². The molecule has 0 amide bonds. The number of aromatic hydroxyl groups is 6. The second-order valence-electron chi connectivity index (χ2n) is 9.19. The van der Waals surface area contributed by atoms with Crippen molar-refractivity contribution in [1.29, 1.82) is 0 Å². The van der Waals surface area contributed by atoms with Crippen LogP contribution in [0, 0.1) is 0 Å². The normalized spacial score (nSPS) is 11.3. The predicted molar refractivity (Wildman–Crippen MR) is 150 cm³/mol. The van der Waals surface area contributed by atoms with Crippen molar-refractivity contribution in [2.45, 2.75) is 0 Å². The number of hydrogen-bond acceptors (Lipinski definition) is 10. The van der Waals surface area contributed by atoms with E-state index in [1.165, 1.54) is 42.5 Å². The van der Waals surface area contributed by atoms with Gasteiger partial charge >= 0.3 is 0 Å². The van der Waals surface area contributed by atoms with Crippen molar-refractivity contribution in [2.24, 2.45) is 0 Å². The van der Waals surface area contributed by atoms with Gasteiger partial charge in [0.25, 0.3) is 0 Å². The Hall–Kier alpha value is -5.61. The molecule has 0 saturated heterocycles. The van der Waals surface area contributed by atoms with Crippen molar-refractivity contribution < 1.29 is 39.5 Å². The van der Waals surface area contributed by atoms with Crippen LogP contribution in [0.1, 0.15) is 0 Å². The Kier molecular flexibility index (Phi) is 5.79. The van der Waals surface area contributed by atoms with Crippen LogP contribution in [0.15, 0.2) is 85.5 Å². The molecule has 6 aromatic rings. The van der Waals surface area contributed by atoms with Crippen molar-refractivity contribution in [1.82, 2.24) is 0 Å². The summed E-state index contributed by atoms with van der Waals surface area (Å²) < 4.78 is 10.9. The lowest BCUT2D eigenvalue weighted by Crippen LogP contribution is -2.06. The maximum Gasteiger partial charge on any atom is 0.204 e. The zero-order valence-corrected chi connectivity index (χ0v) is 21.3. The standard InChI is InChI=1S/C30H17ClO10/c31-27-23(37)9-22(36)26-29(39)18(11-41-30(26)27)13-2-4-20(34)16(6-13)15-5-12(1-3-19(15)33)17-10-40-24-8-14(32)7-21(35)25(24)28(17)38/h1-11,32-37H. The molecule has 0 bridgehead atoms. The summed E-state index contributed by atoms with van der Waals surface area (Å²) in [5.74, 6) is -2.30. The topological polar surface area (TPSA) is 182 Å². The summed E-state index contributed by atoms with van der Waals surface area (Å²) in [4.78, 5) is 26.5. The zero-order valence-electron chi connectivity index (χ0n) is 20.5. The number of rotatable bonds is 3. The molecule has 41 heavy (non-hydrogen) atoms. The van der Waals surface area contributed by atoms with Crippen LogP contribution in [-0.2, 0) is 0 Å². The van der Waals surface area contributed by atoms with Crippen LogP contribution in [0.25, 0.3) is 55.3 Å². The molecule has 0 unspecified atom stereocenters. The largest absolute Gasteiger partial charge is 0.508 e. The molecule has 10 nitrogen and oxygen atoms in total. The van der Waals surface area contributed by atoms with E-state index in [0.29, 0.717) is 0 Å². The van der Waals surface area contributed by atoms with Crippen molar-refractivity contribution in [3.05, 3.63) is 92.6 Å². The molecule has 11 heteroatoms. The SMILES string of the molecule is O=c1c(-c2ccc(O)c(-c3cc(-c4coc5c(Cl)c(O)cc(O)c5c4=O)ccc3O)c2)coc2cc(O)cc(O)c12. The van der Waals surface area contributed by atoms with Crippen molar-refractivity contribution in [2.75, 3.05) is 0 Å². The molecule has 6 rings (SSSR count). The molecule has 0 spiro atoms. The summed E-state index contributed by atoms with van der Waals surface area (Å²) >= 11 is 6.03. The first kappa shape index (κ1) is 25.7. The highest BCUT2D eigenvalue weighted by atomic mass is 35.5. The van der Waals surface area contributed by atoms with E-state index in [0.717, 1.165) is 24.7 Å². The van der Waals surface area contributed by atoms with E-state index in [1.807, 2.05) is 0 Å². The maximum absolute atomic E-state index is 13.3. The first-order valence-corrected chi connectivity index (χ1v) is 12.2. The second-order valence-corrected chi connectivity index (χ2v) is 9.57. The van der Waals surface area contributed by atoms with Gasteiger partial charge in [0.2, 0.25) is 10.9 Å². The molecule has 0 atom stereocenters. The molecule has 2 heterocycles. The minimum atomic E-state index is -0.667. The molecular weight excluding hydrogens is 556 g/mol. The van der Waals surface area contributed by atoms with Gasteiger partial charge < -0.3 is 39.5 Å². The Labute approximate surface area is 233 Å². The van der Waals surface area contributed by atoms with E-state index >= 15 is 0 Å². The van der Waals surface area contributed by atoms with E-state index in [4.69, 9.17) is 20.4 Å². The summed E-state index contributed by atoms with van der Waals surface area (Å²) in [6.07, 6.45) is 2.23. The molecule has 0 radical (unpaired) electrons. The number of phenolic OH excluding ortho intramolecular Hbond substituents is 6. The zero-order chi connectivity index (χ0) is 29.2. The van der Waals surface area contributed by atoms with Crippen LogP contribution < -0.4 is 10.9 Å². The van der Waals surface area contributed by atoms with Crippen LogP contribution >= 0.6 is 11.6 Å². The molecule has 0 saturated carbocycles. The third-order valence-corrected chi connectivity index (χ3v) is 7.06. The Morgan fingerprint density at radius 1 is 0.537 bits per heavy atom. The summed E-state index contributed by atoms with van der Waals surface area (Å²) in [5.41, 5.74) is -0.787. The summed E-state index contributed by atoms with van der Waals surface area (Å²) in [6.45, 7) is 0. The smallest absolute Gasteiger partial charge is 0.204 e. The number of fused-ring (bicyclic) bond motifs is 2. The summed E-state index contributed by atoms with van der Waals surface area (Å²) in [7, 11) is 0. The van der Waals surface area contributed by atoms with Gasteiger partial charge in [-0.3, -0.25) is 9.59 Å². The number of hydrogen-bond donors (Lipinski definition) is 6. The van der Waals surface area contributed by atoms with E-state index in [2.05, 4.69) is 0 Å². The third kappa shape index (κ3) is 4.05. The number of benzene rings is 4. The predicted octanol–water partition coefficient (Wildman–Crippen LogP) is 5.79. The molecule has 4 aromatic carbocycles. The van der Waals surface area contributed by atoms with E-state index in [1.54, 1.807) is 0 Å². The lowest BCUT2D eigenvalue weighted by Gasteiger charge is -2.12. The van der Waals surface area contributed by atoms with Gasteiger partial charge in [-0.25, -0.2) is 0 Å². The van der Waals surface area contributed by atoms with Crippen LogP contribution in [0.2, 0.25) is 5.02 Å². The Balaban J connectivity index is 1.52. The monoisotopic (exact) mass is 572 g/mol. The fourth-order valence-corrected chi connectivity index (χ4v) is 4.89. The molecule has 0 fully saturated rings. The first-order chi connectivity index (χ1) is 19.5. The Morgan fingerprint density at radius 3 is 1.68 bits per heavy atom. The highest BCUT2D eigenvalue weighted by molar-refractivity contribution is 6.36. The molecule has 0 aliphatic carbocycles. The van der Waals surface area contributed by atoms with E-state index in [-0.39, 0.29) is 77.6 Å². The minimum absolute atomic E-state index is 0.0136. The van der Waals surface area contributed by atoms with Crippen LogP contribution in [0.5, 0.6) is 34.5 Å². The molecule has 0 aliphatic rings. The quantitative estimate of drug-likeness (QED) is 0.152. The van der Waals surface area contributed by atoms with Gasteiger partial charge in [0.15, 0.2) is 5.58 Å². The summed E-state index contributed by atoms with van der Waals surface area (Å²) in [6, 6.07) is 11.4. The highest BCUT2D eigenvalue weighted by Crippen LogP contribution is 2.41. The molecule has 6 N–H and O–H groups in total. The lowest BCUT2D eigenvalue weighted by molar-refractivity contribution is 0.451. The molecular formula is C30H17ClO10. The average Bonchev–Trinajstić information content (AvgIpc) is 2.92. The molecule has 204 valence electrons. The Bertz CT molecular complexity index is 2180. The molecule has 2 aromatic heterocycles. The van der Waals surface area contributed by atoms with E-state index < -0.39 is 28.1 Å². The fraction of sp³-hybridized carbons (Fsp3) is 0. The van der Waals surface area contributed by atoms with Gasteiger partial charge in [-0.1, -0.05) is 23.7 Å². The van der Waals surface area contributed by atoms with Crippen LogP contribution in [0.4, 0.5) is 0 Å². The van der Waals surface area contributed by atoms with Crippen LogP contribution in [-0.4, -0.2) is 30.6 Å². The van der Waals surface area contributed by atoms with Crippen LogP contribution in [0.3, 0.4) is 0 Å². The van der Waals surface area contributed by atoms with Gasteiger partial charge in [0.1, 0.15) is 68.4 Å². The third-order valence-electron chi connectivity index (χ3n) is 6.69. The lowest BCUT2D eigenvalue weighted by atomic mass is 9.95. The highest BCUT2D eigenvalue weighted by Gasteiger charge is 2.21. The molecule has 0 aliphatic heterocycles. The first-order valence-electron chi connectivity index (χ1n) is 11.9. The minimum Gasteiger partial charge on any atom is -0.508 e. The second kappa shape index (κ2) is 9.25. The Morgan fingerprint density at radius 2 is 1.07 bits per heavy atom. The summed E-state index contributed by atoms with van der Waals surface area (Å²) in [5, 5.41) is 60.8. The number of phenols is 6. The van der Waals surface area contributed by atoms with Gasteiger partial charge in [0.05, 0.1) is 11.1 Å². The van der Waals surface area contributed by atoms with E-state index in [9.17, 15) is 40.2 Å². The average molecular weight is 573 g/mol. The van der Waals surface area contributed by atoms with Crippen molar-refractivity contribution >= 4 is 33.5 Å². The maximum atomic E-state index is 13.3.